The molecular weight excluding hydrogens is 187 g/mol. The molecule has 13 heavy (non-hydrogen) atoms. The standard InChI is InChI=1S/C7H3BF4O/c8-4-1-2-6(5(9)3-4)13-7(10,11)12/h1-3H. The molecule has 1 aromatic carbocycles. The first-order chi connectivity index (χ1) is 5.88. The van der Waals surface area contributed by atoms with E-state index in [4.69, 9.17) is 7.85 Å². The lowest BCUT2D eigenvalue weighted by molar-refractivity contribution is -0.275. The fourth-order valence-electron chi connectivity index (χ4n) is 0.725. The Morgan fingerprint density at radius 3 is 2.31 bits per heavy atom. The van der Waals surface area contributed by atoms with Gasteiger partial charge in [-0.1, -0.05) is 11.5 Å². The Bertz CT molecular complexity index is 310. The summed E-state index contributed by atoms with van der Waals surface area (Å²) in [5.74, 6) is -2.03. The van der Waals surface area contributed by atoms with Gasteiger partial charge in [-0.05, 0) is 12.1 Å². The molecule has 2 radical (unpaired) electrons. The molecule has 0 saturated heterocycles. The molecule has 0 aliphatic heterocycles. The maximum Gasteiger partial charge on any atom is 0.573 e. The lowest BCUT2D eigenvalue weighted by Crippen LogP contribution is -2.18. The first-order valence-electron chi connectivity index (χ1n) is 3.19. The second-order valence-corrected chi connectivity index (χ2v) is 2.24. The van der Waals surface area contributed by atoms with Gasteiger partial charge in [0.25, 0.3) is 0 Å². The van der Waals surface area contributed by atoms with Crippen molar-refractivity contribution in [1.29, 1.82) is 0 Å². The number of ether oxygens (including phenoxy) is 1. The van der Waals surface area contributed by atoms with Crippen molar-refractivity contribution < 1.29 is 22.3 Å². The molecule has 1 aromatic rings. The summed E-state index contributed by atoms with van der Waals surface area (Å²) in [4.78, 5) is 0. The van der Waals surface area contributed by atoms with Crippen LogP contribution in [0.15, 0.2) is 18.2 Å². The van der Waals surface area contributed by atoms with Crippen molar-refractivity contribution >= 4 is 13.3 Å². The third kappa shape index (κ3) is 2.97. The fraction of sp³-hybridized carbons (Fsp3) is 0.143. The molecular formula is C7H3BF4O. The van der Waals surface area contributed by atoms with Crippen molar-refractivity contribution in [3.63, 3.8) is 0 Å². The maximum absolute atomic E-state index is 12.7. The highest BCUT2D eigenvalue weighted by Crippen LogP contribution is 2.24. The monoisotopic (exact) mass is 190 g/mol. The molecule has 0 fully saturated rings. The molecule has 0 atom stereocenters. The quantitative estimate of drug-likeness (QED) is 0.481. The van der Waals surface area contributed by atoms with E-state index in [-0.39, 0.29) is 5.46 Å². The molecule has 0 bridgehead atoms. The first kappa shape index (κ1) is 9.89. The van der Waals surface area contributed by atoms with E-state index in [0.29, 0.717) is 0 Å². The highest BCUT2D eigenvalue weighted by Gasteiger charge is 2.32. The molecule has 68 valence electrons. The van der Waals surface area contributed by atoms with Crippen molar-refractivity contribution in [2.75, 3.05) is 0 Å². The Labute approximate surface area is 72.7 Å². The molecule has 0 saturated carbocycles. The lowest BCUT2D eigenvalue weighted by atomic mass is 9.96. The number of benzene rings is 1. The van der Waals surface area contributed by atoms with Crippen molar-refractivity contribution in [2.45, 2.75) is 6.36 Å². The van der Waals surface area contributed by atoms with Crippen LogP contribution in [0.25, 0.3) is 0 Å². The zero-order valence-corrected chi connectivity index (χ0v) is 6.23. The Morgan fingerprint density at radius 2 is 1.85 bits per heavy atom. The van der Waals surface area contributed by atoms with Gasteiger partial charge in [0.05, 0.1) is 0 Å². The van der Waals surface area contributed by atoms with E-state index in [1.54, 1.807) is 0 Å². The molecule has 0 aromatic heterocycles. The molecule has 6 heteroatoms. The van der Waals surface area contributed by atoms with Crippen LogP contribution in [0.4, 0.5) is 17.6 Å². The zero-order valence-electron chi connectivity index (χ0n) is 6.23. The smallest absolute Gasteiger partial charge is 0.403 e. The highest BCUT2D eigenvalue weighted by atomic mass is 19.4. The van der Waals surface area contributed by atoms with Gasteiger partial charge >= 0.3 is 6.36 Å². The van der Waals surface area contributed by atoms with Crippen molar-refractivity contribution in [2.24, 2.45) is 0 Å². The van der Waals surface area contributed by atoms with Crippen molar-refractivity contribution in [3.8, 4) is 5.75 Å². The van der Waals surface area contributed by atoms with Crippen LogP contribution >= 0.6 is 0 Å². The molecule has 0 unspecified atom stereocenters. The van der Waals surface area contributed by atoms with E-state index in [9.17, 15) is 17.6 Å². The number of halogens is 4. The van der Waals surface area contributed by atoms with Crippen LogP contribution in [0.1, 0.15) is 0 Å². The highest BCUT2D eigenvalue weighted by molar-refractivity contribution is 6.32. The topological polar surface area (TPSA) is 9.23 Å². The minimum absolute atomic E-state index is 0.0343. The Hall–Kier alpha value is -1.20. The minimum Gasteiger partial charge on any atom is -0.403 e. The predicted octanol–water partition coefficient (Wildman–Crippen LogP) is 1.52. The predicted molar refractivity (Wildman–Crippen MR) is 38.5 cm³/mol. The lowest BCUT2D eigenvalue weighted by Gasteiger charge is -2.09. The molecule has 0 aliphatic rings. The summed E-state index contributed by atoms with van der Waals surface area (Å²) in [5.41, 5.74) is 0.0343. The second kappa shape index (κ2) is 3.28. The van der Waals surface area contributed by atoms with E-state index in [0.717, 1.165) is 18.2 Å². The van der Waals surface area contributed by atoms with Gasteiger partial charge in [0.15, 0.2) is 11.6 Å². The van der Waals surface area contributed by atoms with Crippen LogP contribution in [0.3, 0.4) is 0 Å². The number of rotatable bonds is 1. The van der Waals surface area contributed by atoms with Gasteiger partial charge in [0.2, 0.25) is 0 Å². The molecule has 0 N–H and O–H groups in total. The molecule has 0 amide bonds. The van der Waals surface area contributed by atoms with Crippen molar-refractivity contribution in [1.82, 2.24) is 0 Å². The Balaban J connectivity index is 2.90. The Kier molecular flexibility index (Phi) is 2.49. The SMILES string of the molecule is [B]c1ccc(OC(F)(F)F)c(F)c1. The summed E-state index contributed by atoms with van der Waals surface area (Å²) in [6.07, 6.45) is -4.89. The van der Waals surface area contributed by atoms with E-state index in [1.807, 2.05) is 0 Å². The molecule has 1 rings (SSSR count). The van der Waals surface area contributed by atoms with E-state index < -0.39 is 17.9 Å². The summed E-state index contributed by atoms with van der Waals surface area (Å²) >= 11 is 0. The molecule has 0 spiro atoms. The van der Waals surface area contributed by atoms with Crippen LogP contribution in [0.2, 0.25) is 0 Å². The summed E-state index contributed by atoms with van der Waals surface area (Å²) < 4.78 is 50.8. The third-order valence-corrected chi connectivity index (χ3v) is 1.18. The Morgan fingerprint density at radius 1 is 1.23 bits per heavy atom. The number of hydrogen-bond acceptors (Lipinski definition) is 1. The molecule has 0 aliphatic carbocycles. The van der Waals surface area contributed by atoms with Crippen LogP contribution in [-0.2, 0) is 0 Å². The molecule has 1 nitrogen and oxygen atoms in total. The number of hydrogen-bond donors (Lipinski definition) is 0. The van der Waals surface area contributed by atoms with E-state index >= 15 is 0 Å². The normalized spacial score (nSPS) is 11.4. The summed E-state index contributed by atoms with van der Waals surface area (Å²) in [7, 11) is 5.11. The number of alkyl halides is 3. The van der Waals surface area contributed by atoms with Crippen LogP contribution in [0, 0.1) is 5.82 Å². The fourth-order valence-corrected chi connectivity index (χ4v) is 0.725. The third-order valence-electron chi connectivity index (χ3n) is 1.18. The van der Waals surface area contributed by atoms with Gasteiger partial charge in [-0.15, -0.1) is 13.2 Å². The summed E-state index contributed by atoms with van der Waals surface area (Å²) in [5, 5.41) is 0. The maximum atomic E-state index is 12.7. The van der Waals surface area contributed by atoms with Gasteiger partial charge in [-0.3, -0.25) is 0 Å². The average Bonchev–Trinajstić information content (AvgIpc) is 1.93. The van der Waals surface area contributed by atoms with Crippen molar-refractivity contribution in [3.05, 3.63) is 24.0 Å². The minimum atomic E-state index is -4.89. The van der Waals surface area contributed by atoms with Gasteiger partial charge in [-0.25, -0.2) is 4.39 Å². The van der Waals surface area contributed by atoms with Crippen LogP contribution < -0.4 is 10.2 Å². The van der Waals surface area contributed by atoms with Gasteiger partial charge in [-0.2, -0.15) is 0 Å². The van der Waals surface area contributed by atoms with Gasteiger partial charge in [0, 0.05) is 0 Å². The average molecular weight is 190 g/mol. The second-order valence-electron chi connectivity index (χ2n) is 2.24. The van der Waals surface area contributed by atoms with Gasteiger partial charge < -0.3 is 4.74 Å². The largest absolute Gasteiger partial charge is 0.573 e. The summed E-state index contributed by atoms with van der Waals surface area (Å²) in [6, 6.07) is 2.68. The van der Waals surface area contributed by atoms with Crippen LogP contribution in [0.5, 0.6) is 5.75 Å². The molecule has 0 heterocycles. The van der Waals surface area contributed by atoms with E-state index in [1.165, 1.54) is 0 Å². The van der Waals surface area contributed by atoms with Gasteiger partial charge in [0.1, 0.15) is 7.85 Å². The van der Waals surface area contributed by atoms with Crippen LogP contribution in [-0.4, -0.2) is 14.2 Å². The first-order valence-corrected chi connectivity index (χ1v) is 3.19. The summed E-state index contributed by atoms with van der Waals surface area (Å²) in [6.45, 7) is 0. The zero-order chi connectivity index (χ0) is 10.1. The van der Waals surface area contributed by atoms with E-state index in [2.05, 4.69) is 4.74 Å².